The van der Waals surface area contributed by atoms with Gasteiger partial charge in [-0.25, -0.2) is 4.79 Å². The fourth-order valence-electron chi connectivity index (χ4n) is 3.73. The zero-order valence-electron chi connectivity index (χ0n) is 16.2. The lowest BCUT2D eigenvalue weighted by Gasteiger charge is -2.43. The molecule has 29 heavy (non-hydrogen) atoms. The van der Waals surface area contributed by atoms with Crippen molar-refractivity contribution in [2.45, 2.75) is 50.1 Å². The van der Waals surface area contributed by atoms with Gasteiger partial charge in [-0.15, -0.1) is 0 Å². The van der Waals surface area contributed by atoms with Crippen molar-refractivity contribution in [2.75, 3.05) is 7.05 Å². The molecule has 1 aliphatic carbocycles. The number of aromatic amines is 1. The van der Waals surface area contributed by atoms with Crippen LogP contribution >= 0.6 is 0 Å². The molecule has 1 saturated carbocycles. The molecule has 9 heteroatoms. The maximum Gasteiger partial charge on any atom is 0.328 e. The minimum atomic E-state index is -1.52. The van der Waals surface area contributed by atoms with Crippen molar-refractivity contribution in [3.8, 4) is 0 Å². The molecule has 1 aromatic heterocycles. The van der Waals surface area contributed by atoms with Gasteiger partial charge in [-0.3, -0.25) is 19.1 Å². The Hall–Kier alpha value is -2.75. The number of nitrogens with one attached hydrogen (secondary N) is 1. The Morgan fingerprint density at radius 1 is 1.31 bits per heavy atom. The van der Waals surface area contributed by atoms with E-state index in [2.05, 4.69) is 4.98 Å². The van der Waals surface area contributed by atoms with Crippen LogP contribution in [-0.4, -0.2) is 55.4 Å². The summed E-state index contributed by atoms with van der Waals surface area (Å²) >= 11 is 0. The van der Waals surface area contributed by atoms with Gasteiger partial charge in [0.05, 0.1) is 12.6 Å². The lowest BCUT2D eigenvalue weighted by molar-refractivity contribution is -0.122. The number of H-pyrrole nitrogens is 1. The molecule has 0 aliphatic heterocycles. The molecule has 1 fully saturated rings. The van der Waals surface area contributed by atoms with Crippen LogP contribution in [0.25, 0.3) is 0 Å². The largest absolute Gasteiger partial charge is 0.390 e. The standard InChI is InChI=1S/C20H26N4O5/c1-23(18(27)14-4-2-13(11-21)3-5-14)15-6-8-20(29,16(25)10-15)12-24-9-7-17(26)22-19(24)28/h2-5,7,9,15-16,25,29H,6,8,10-12,21H2,1H3,(H,22,26,28)/t15-,16+,20+/m0/s1. The topological polar surface area (TPSA) is 142 Å². The van der Waals surface area contributed by atoms with Crippen LogP contribution in [0.4, 0.5) is 0 Å². The number of aromatic nitrogens is 2. The number of aliphatic hydroxyl groups excluding tert-OH is 1. The number of nitrogens with zero attached hydrogens (tertiary/aromatic N) is 2. The van der Waals surface area contributed by atoms with E-state index in [1.165, 1.54) is 16.8 Å². The van der Waals surface area contributed by atoms with Crippen LogP contribution < -0.4 is 17.0 Å². The van der Waals surface area contributed by atoms with Crippen LogP contribution in [-0.2, 0) is 13.1 Å². The molecule has 0 spiro atoms. The van der Waals surface area contributed by atoms with Crippen LogP contribution in [0.1, 0.15) is 35.2 Å². The van der Waals surface area contributed by atoms with Crippen LogP contribution in [0.3, 0.4) is 0 Å². The Kier molecular flexibility index (Phi) is 6.02. The minimum Gasteiger partial charge on any atom is -0.390 e. The zero-order chi connectivity index (χ0) is 21.2. The summed E-state index contributed by atoms with van der Waals surface area (Å²) in [6.45, 7) is 0.255. The van der Waals surface area contributed by atoms with Gasteiger partial charge >= 0.3 is 5.69 Å². The first-order chi connectivity index (χ1) is 13.7. The lowest BCUT2D eigenvalue weighted by atomic mass is 9.79. The molecule has 0 unspecified atom stereocenters. The highest BCUT2D eigenvalue weighted by atomic mass is 16.3. The fourth-order valence-corrected chi connectivity index (χ4v) is 3.73. The van der Waals surface area contributed by atoms with Gasteiger partial charge in [-0.2, -0.15) is 0 Å². The van der Waals surface area contributed by atoms with E-state index in [1.807, 2.05) is 0 Å². The number of carbonyl (C=O) groups is 1. The van der Waals surface area contributed by atoms with E-state index < -0.39 is 23.0 Å². The van der Waals surface area contributed by atoms with Crippen molar-refractivity contribution >= 4 is 5.91 Å². The monoisotopic (exact) mass is 402 g/mol. The zero-order valence-corrected chi connectivity index (χ0v) is 16.2. The molecule has 9 nitrogen and oxygen atoms in total. The third-order valence-corrected chi connectivity index (χ3v) is 5.67. The summed E-state index contributed by atoms with van der Waals surface area (Å²) in [6.07, 6.45) is 1.01. The molecule has 1 aliphatic rings. The smallest absolute Gasteiger partial charge is 0.328 e. The van der Waals surface area contributed by atoms with Crippen LogP contribution in [0.5, 0.6) is 0 Å². The van der Waals surface area contributed by atoms with Gasteiger partial charge in [0.25, 0.3) is 11.5 Å². The first-order valence-electron chi connectivity index (χ1n) is 9.50. The molecule has 1 amide bonds. The Bertz CT molecular complexity index is 983. The number of carbonyl (C=O) groups excluding carboxylic acids is 1. The van der Waals surface area contributed by atoms with E-state index >= 15 is 0 Å². The Labute approximate surface area is 167 Å². The summed E-state index contributed by atoms with van der Waals surface area (Å²) in [5.74, 6) is -0.173. The van der Waals surface area contributed by atoms with Crippen LogP contribution in [0.2, 0.25) is 0 Å². The van der Waals surface area contributed by atoms with E-state index in [0.29, 0.717) is 18.5 Å². The van der Waals surface area contributed by atoms with Gasteiger partial charge in [0.15, 0.2) is 0 Å². The summed E-state index contributed by atoms with van der Waals surface area (Å²) < 4.78 is 1.17. The summed E-state index contributed by atoms with van der Waals surface area (Å²) in [5.41, 5.74) is 4.34. The molecule has 156 valence electrons. The fraction of sp³-hybridized carbons (Fsp3) is 0.450. The molecule has 1 aromatic carbocycles. The first kappa shape index (κ1) is 21.0. The number of nitrogens with two attached hydrogens (primary N) is 1. The number of hydrogen-bond donors (Lipinski definition) is 4. The average molecular weight is 402 g/mol. The number of aliphatic hydroxyl groups is 2. The second kappa shape index (κ2) is 8.32. The lowest BCUT2D eigenvalue weighted by Crippen LogP contribution is -2.55. The molecule has 3 atom stereocenters. The van der Waals surface area contributed by atoms with Crippen molar-refractivity contribution < 1.29 is 15.0 Å². The van der Waals surface area contributed by atoms with Gasteiger partial charge in [0, 0.05) is 37.5 Å². The van der Waals surface area contributed by atoms with E-state index in [0.717, 1.165) is 5.56 Å². The molecule has 0 radical (unpaired) electrons. The highest BCUT2D eigenvalue weighted by molar-refractivity contribution is 5.94. The predicted octanol–water partition coefficient (Wildman–Crippen LogP) is -0.588. The highest BCUT2D eigenvalue weighted by Gasteiger charge is 2.43. The van der Waals surface area contributed by atoms with E-state index in [9.17, 15) is 24.6 Å². The maximum absolute atomic E-state index is 12.8. The third kappa shape index (κ3) is 4.47. The number of rotatable bonds is 5. The van der Waals surface area contributed by atoms with E-state index in [1.54, 1.807) is 36.2 Å². The van der Waals surface area contributed by atoms with Crippen molar-refractivity contribution in [3.05, 3.63) is 68.5 Å². The van der Waals surface area contributed by atoms with Crippen LogP contribution in [0.15, 0.2) is 46.1 Å². The first-order valence-corrected chi connectivity index (χ1v) is 9.50. The summed E-state index contributed by atoms with van der Waals surface area (Å²) in [7, 11) is 1.67. The molecular formula is C20H26N4O5. The van der Waals surface area contributed by atoms with Crippen molar-refractivity contribution in [1.29, 1.82) is 0 Å². The molecule has 1 heterocycles. The number of hydrogen-bond acceptors (Lipinski definition) is 6. The molecule has 5 N–H and O–H groups in total. The van der Waals surface area contributed by atoms with Crippen molar-refractivity contribution in [2.24, 2.45) is 5.73 Å². The maximum atomic E-state index is 12.8. The summed E-state index contributed by atoms with van der Waals surface area (Å²) in [5, 5.41) is 21.5. The number of benzene rings is 1. The quantitative estimate of drug-likeness (QED) is 0.527. The normalized spacial score (nSPS) is 24.3. The van der Waals surface area contributed by atoms with Crippen LogP contribution in [0, 0.1) is 0 Å². The molecule has 3 rings (SSSR count). The van der Waals surface area contributed by atoms with Gasteiger partial charge in [0.1, 0.15) is 5.60 Å². The second-order valence-electron chi connectivity index (χ2n) is 7.60. The highest BCUT2D eigenvalue weighted by Crippen LogP contribution is 2.32. The second-order valence-corrected chi connectivity index (χ2v) is 7.60. The third-order valence-electron chi connectivity index (χ3n) is 5.67. The minimum absolute atomic E-state index is 0.144. The average Bonchev–Trinajstić information content (AvgIpc) is 2.71. The van der Waals surface area contributed by atoms with Gasteiger partial charge < -0.3 is 20.8 Å². The van der Waals surface area contributed by atoms with E-state index in [-0.39, 0.29) is 31.3 Å². The van der Waals surface area contributed by atoms with Gasteiger partial charge in [-0.1, -0.05) is 12.1 Å². The van der Waals surface area contributed by atoms with Gasteiger partial charge in [0.2, 0.25) is 0 Å². The number of amides is 1. The van der Waals surface area contributed by atoms with Gasteiger partial charge in [-0.05, 0) is 37.0 Å². The summed E-state index contributed by atoms with van der Waals surface area (Å²) in [4.78, 5) is 39.5. The SMILES string of the molecule is CN(C(=O)c1ccc(CN)cc1)[C@H]1CC[C@@](O)(Cn2ccc(=O)[nH]c2=O)[C@H](O)C1. The molecule has 2 aromatic rings. The predicted molar refractivity (Wildman–Crippen MR) is 106 cm³/mol. The Balaban J connectivity index is 1.68. The molecular weight excluding hydrogens is 376 g/mol. The molecule has 0 saturated heterocycles. The van der Waals surface area contributed by atoms with Crippen molar-refractivity contribution in [1.82, 2.24) is 14.5 Å². The molecule has 0 bridgehead atoms. The Morgan fingerprint density at radius 2 is 2.00 bits per heavy atom. The van der Waals surface area contributed by atoms with E-state index in [4.69, 9.17) is 5.73 Å². The summed E-state index contributed by atoms with van der Waals surface area (Å²) in [6, 6.07) is 7.98. The Morgan fingerprint density at radius 3 is 2.59 bits per heavy atom. The van der Waals surface area contributed by atoms with Crippen molar-refractivity contribution in [3.63, 3.8) is 0 Å².